The highest BCUT2D eigenvalue weighted by molar-refractivity contribution is 7.99. The average Bonchev–Trinajstić information content (AvgIpc) is 2.62. The first-order valence-corrected chi connectivity index (χ1v) is 7.02. The summed E-state index contributed by atoms with van der Waals surface area (Å²) in [7, 11) is 1.87. The molecule has 1 heterocycles. The highest BCUT2D eigenvalue weighted by atomic mass is 32.2. The van der Waals surface area contributed by atoms with E-state index >= 15 is 0 Å². The summed E-state index contributed by atoms with van der Waals surface area (Å²) in [4.78, 5) is 0. The van der Waals surface area contributed by atoms with Gasteiger partial charge < -0.3 is 5.32 Å². The number of nitrogens with one attached hydrogen (secondary N) is 1. The number of rotatable bonds is 6. The van der Waals surface area contributed by atoms with Gasteiger partial charge in [0.25, 0.3) is 0 Å². The van der Waals surface area contributed by atoms with E-state index < -0.39 is 0 Å². The Morgan fingerprint density at radius 3 is 2.59 bits per heavy atom. The Kier molecular flexibility index (Phi) is 5.39. The van der Waals surface area contributed by atoms with Crippen molar-refractivity contribution in [3.05, 3.63) is 0 Å². The van der Waals surface area contributed by atoms with Crippen LogP contribution in [0.3, 0.4) is 0 Å². The van der Waals surface area contributed by atoms with Crippen molar-refractivity contribution in [2.45, 2.75) is 45.3 Å². The zero-order valence-electron chi connectivity index (χ0n) is 11.4. The lowest BCUT2D eigenvalue weighted by molar-refractivity contribution is 0.291. The van der Waals surface area contributed by atoms with Gasteiger partial charge in [0, 0.05) is 18.8 Å². The van der Waals surface area contributed by atoms with E-state index in [0.29, 0.717) is 6.04 Å². The van der Waals surface area contributed by atoms with Gasteiger partial charge in [-0.3, -0.25) is 0 Å². The normalized spacial score (nSPS) is 13.9. The van der Waals surface area contributed by atoms with Crippen LogP contribution in [0.1, 0.15) is 34.1 Å². The van der Waals surface area contributed by atoms with Crippen molar-refractivity contribution < 1.29 is 0 Å². The number of aryl methyl sites for hydroxylation is 1. The van der Waals surface area contributed by atoms with Crippen LogP contribution >= 0.6 is 11.8 Å². The lowest BCUT2D eigenvalue weighted by Gasteiger charge is -2.31. The third-order valence-electron chi connectivity index (χ3n) is 2.65. The van der Waals surface area contributed by atoms with E-state index in [2.05, 4.69) is 48.5 Å². The first kappa shape index (κ1) is 14.4. The molecule has 0 fully saturated rings. The van der Waals surface area contributed by atoms with Crippen molar-refractivity contribution in [2.24, 2.45) is 12.5 Å². The minimum Gasteiger partial charge on any atom is -0.313 e. The van der Waals surface area contributed by atoms with E-state index in [9.17, 15) is 0 Å². The minimum absolute atomic E-state index is 0.244. The Bertz CT molecular complexity index is 331. The maximum atomic E-state index is 3.99. The van der Waals surface area contributed by atoms with Gasteiger partial charge in [-0.15, -0.1) is 5.10 Å². The van der Waals surface area contributed by atoms with Crippen LogP contribution in [-0.4, -0.2) is 38.5 Å². The fraction of sp³-hybridized carbons (Fsp3) is 0.909. The molecule has 1 aromatic heterocycles. The third kappa shape index (κ3) is 4.63. The summed E-state index contributed by atoms with van der Waals surface area (Å²) in [5.41, 5.74) is 0.244. The second-order valence-electron chi connectivity index (χ2n) is 5.27. The average molecular weight is 257 g/mol. The number of hydrogen-bond acceptors (Lipinski definition) is 5. The molecule has 0 radical (unpaired) electrons. The molecular weight excluding hydrogens is 234 g/mol. The monoisotopic (exact) mass is 257 g/mol. The maximum Gasteiger partial charge on any atom is 0.209 e. The van der Waals surface area contributed by atoms with Crippen LogP contribution in [0, 0.1) is 5.41 Å². The molecule has 1 rings (SSSR count). The lowest BCUT2D eigenvalue weighted by atomic mass is 9.88. The maximum absolute atomic E-state index is 3.99. The standard InChI is InChI=1S/C11H23N5S/c1-6-7-12-9(11(2,3)4)8-17-10-13-14-15-16(10)5/h9,12H,6-8H2,1-5H3. The zero-order chi connectivity index (χ0) is 12.9. The minimum atomic E-state index is 0.244. The van der Waals surface area contributed by atoms with Crippen LogP contribution in [0.15, 0.2) is 5.16 Å². The molecule has 0 saturated carbocycles. The number of tetrazole rings is 1. The first-order chi connectivity index (χ1) is 7.95. The van der Waals surface area contributed by atoms with Gasteiger partial charge in [0.2, 0.25) is 5.16 Å². The Hall–Kier alpha value is -0.620. The number of thioether (sulfide) groups is 1. The second kappa shape index (κ2) is 6.35. The van der Waals surface area contributed by atoms with Crippen LogP contribution in [0.5, 0.6) is 0 Å². The highest BCUT2D eigenvalue weighted by Gasteiger charge is 2.24. The topological polar surface area (TPSA) is 55.6 Å². The van der Waals surface area contributed by atoms with Crippen LogP contribution in [0.4, 0.5) is 0 Å². The molecule has 0 bridgehead atoms. The summed E-state index contributed by atoms with van der Waals surface area (Å²) in [6, 6.07) is 0.462. The van der Waals surface area contributed by atoms with E-state index in [-0.39, 0.29) is 5.41 Å². The molecule has 0 saturated heterocycles. The van der Waals surface area contributed by atoms with Crippen molar-refractivity contribution >= 4 is 11.8 Å². The molecular formula is C11H23N5S. The Morgan fingerprint density at radius 2 is 2.12 bits per heavy atom. The van der Waals surface area contributed by atoms with Crippen LogP contribution < -0.4 is 5.32 Å². The smallest absolute Gasteiger partial charge is 0.209 e. The molecule has 0 aliphatic rings. The molecule has 1 N–H and O–H groups in total. The van der Waals surface area contributed by atoms with E-state index in [1.165, 1.54) is 0 Å². The van der Waals surface area contributed by atoms with E-state index in [0.717, 1.165) is 23.9 Å². The molecule has 5 nitrogen and oxygen atoms in total. The Morgan fingerprint density at radius 1 is 1.41 bits per heavy atom. The van der Waals surface area contributed by atoms with Crippen LogP contribution in [-0.2, 0) is 7.05 Å². The van der Waals surface area contributed by atoms with E-state index in [4.69, 9.17) is 0 Å². The van der Waals surface area contributed by atoms with Gasteiger partial charge in [-0.1, -0.05) is 39.5 Å². The molecule has 1 atom stereocenters. The van der Waals surface area contributed by atoms with Gasteiger partial charge in [-0.05, 0) is 28.8 Å². The predicted molar refractivity (Wildman–Crippen MR) is 71.1 cm³/mol. The fourth-order valence-electron chi connectivity index (χ4n) is 1.44. The third-order valence-corrected chi connectivity index (χ3v) is 3.75. The molecule has 1 aromatic rings. The predicted octanol–water partition coefficient (Wildman–Crippen LogP) is 1.72. The van der Waals surface area contributed by atoms with Crippen LogP contribution in [0.2, 0.25) is 0 Å². The largest absolute Gasteiger partial charge is 0.313 e. The van der Waals surface area contributed by atoms with Crippen molar-refractivity contribution in [3.8, 4) is 0 Å². The summed E-state index contributed by atoms with van der Waals surface area (Å²) in [5, 5.41) is 15.9. The number of hydrogen-bond donors (Lipinski definition) is 1. The first-order valence-electron chi connectivity index (χ1n) is 6.03. The molecule has 0 aliphatic carbocycles. The number of aromatic nitrogens is 4. The van der Waals surface area contributed by atoms with Gasteiger partial charge in [-0.25, -0.2) is 4.68 Å². The van der Waals surface area contributed by atoms with E-state index in [1.807, 2.05) is 7.05 Å². The van der Waals surface area contributed by atoms with Gasteiger partial charge in [0.1, 0.15) is 0 Å². The fourth-order valence-corrected chi connectivity index (χ4v) is 2.69. The van der Waals surface area contributed by atoms with Gasteiger partial charge in [0.15, 0.2) is 0 Å². The van der Waals surface area contributed by atoms with Crippen molar-refractivity contribution in [1.82, 2.24) is 25.5 Å². The Labute approximate surface area is 108 Å². The molecule has 6 heteroatoms. The Balaban J connectivity index is 2.52. The molecule has 1 unspecified atom stereocenters. The van der Waals surface area contributed by atoms with Crippen LogP contribution in [0.25, 0.3) is 0 Å². The van der Waals surface area contributed by atoms with Gasteiger partial charge >= 0.3 is 0 Å². The summed E-state index contributed by atoms with van der Waals surface area (Å²) in [5.74, 6) is 0.984. The molecule has 17 heavy (non-hydrogen) atoms. The summed E-state index contributed by atoms with van der Waals surface area (Å²) in [6.07, 6.45) is 1.16. The molecule has 0 spiro atoms. The van der Waals surface area contributed by atoms with Crippen molar-refractivity contribution in [3.63, 3.8) is 0 Å². The zero-order valence-corrected chi connectivity index (χ0v) is 12.2. The summed E-state index contributed by atoms with van der Waals surface area (Å²) < 4.78 is 1.71. The number of nitrogens with zero attached hydrogens (tertiary/aromatic N) is 4. The molecule has 98 valence electrons. The van der Waals surface area contributed by atoms with Gasteiger partial charge in [-0.2, -0.15) is 0 Å². The molecule has 0 amide bonds. The second-order valence-corrected chi connectivity index (χ2v) is 6.26. The molecule has 0 aliphatic heterocycles. The van der Waals surface area contributed by atoms with Crippen molar-refractivity contribution in [1.29, 1.82) is 0 Å². The summed E-state index contributed by atoms with van der Waals surface area (Å²) in [6.45, 7) is 10.0. The quantitative estimate of drug-likeness (QED) is 0.786. The lowest BCUT2D eigenvalue weighted by Crippen LogP contribution is -2.42. The highest BCUT2D eigenvalue weighted by Crippen LogP contribution is 2.25. The molecule has 0 aromatic carbocycles. The van der Waals surface area contributed by atoms with Gasteiger partial charge in [0.05, 0.1) is 0 Å². The van der Waals surface area contributed by atoms with E-state index in [1.54, 1.807) is 16.4 Å². The SMILES string of the molecule is CCCNC(CSc1nnnn1C)C(C)(C)C. The summed E-state index contributed by atoms with van der Waals surface area (Å²) >= 11 is 1.70. The van der Waals surface area contributed by atoms with Crippen molar-refractivity contribution in [2.75, 3.05) is 12.3 Å².